The van der Waals surface area contributed by atoms with Crippen LogP contribution in [0, 0.1) is 17.0 Å². The zero-order valence-corrected chi connectivity index (χ0v) is 11.4. The lowest BCUT2D eigenvalue weighted by Gasteiger charge is -2.08. The van der Waals surface area contributed by atoms with E-state index in [1.54, 1.807) is 6.92 Å². The van der Waals surface area contributed by atoms with E-state index in [2.05, 4.69) is 5.48 Å². The summed E-state index contributed by atoms with van der Waals surface area (Å²) in [7, 11) is 0. The predicted octanol–water partition coefficient (Wildman–Crippen LogP) is 2.76. The molecular formula is C15H14N2O4. The molecule has 0 fully saturated rings. The summed E-state index contributed by atoms with van der Waals surface area (Å²) >= 11 is 0. The molecule has 2 aromatic rings. The van der Waals surface area contributed by atoms with E-state index in [1.807, 2.05) is 30.3 Å². The Morgan fingerprint density at radius 3 is 2.62 bits per heavy atom. The van der Waals surface area contributed by atoms with Crippen molar-refractivity contribution in [3.63, 3.8) is 0 Å². The number of benzene rings is 2. The second-order valence-electron chi connectivity index (χ2n) is 4.46. The average molecular weight is 286 g/mol. The predicted molar refractivity (Wildman–Crippen MR) is 76.5 cm³/mol. The number of hydrogen-bond donors (Lipinski definition) is 1. The van der Waals surface area contributed by atoms with Crippen LogP contribution in [0.15, 0.2) is 48.5 Å². The number of nitrogens with zero attached hydrogens (tertiary/aromatic N) is 1. The molecule has 1 amide bonds. The molecule has 0 aliphatic heterocycles. The van der Waals surface area contributed by atoms with Crippen molar-refractivity contribution < 1.29 is 14.6 Å². The average Bonchev–Trinajstić information content (AvgIpc) is 2.48. The molecule has 0 aliphatic carbocycles. The van der Waals surface area contributed by atoms with Gasteiger partial charge in [0.1, 0.15) is 0 Å². The van der Waals surface area contributed by atoms with Crippen molar-refractivity contribution in [1.29, 1.82) is 0 Å². The second kappa shape index (κ2) is 6.62. The van der Waals surface area contributed by atoms with Crippen LogP contribution < -0.4 is 5.48 Å². The molecule has 108 valence electrons. The molecule has 2 aromatic carbocycles. The first kappa shape index (κ1) is 14.7. The lowest BCUT2D eigenvalue weighted by molar-refractivity contribution is -0.384. The lowest BCUT2D eigenvalue weighted by Crippen LogP contribution is -2.24. The minimum absolute atomic E-state index is 0.131. The lowest BCUT2D eigenvalue weighted by atomic mass is 10.1. The molecular weight excluding hydrogens is 272 g/mol. The van der Waals surface area contributed by atoms with E-state index in [0.29, 0.717) is 5.56 Å². The number of nitro benzene ring substituents is 1. The van der Waals surface area contributed by atoms with E-state index in [1.165, 1.54) is 18.2 Å². The number of aryl methyl sites for hydroxylation is 1. The molecule has 0 saturated carbocycles. The molecule has 0 aromatic heterocycles. The highest BCUT2D eigenvalue weighted by molar-refractivity contribution is 5.95. The number of amides is 1. The van der Waals surface area contributed by atoms with Crippen molar-refractivity contribution >= 4 is 11.6 Å². The Morgan fingerprint density at radius 2 is 1.95 bits per heavy atom. The number of non-ortho nitro benzene ring substituents is 1. The molecule has 0 heterocycles. The van der Waals surface area contributed by atoms with E-state index in [0.717, 1.165) is 5.56 Å². The van der Waals surface area contributed by atoms with Gasteiger partial charge in [0, 0.05) is 12.1 Å². The van der Waals surface area contributed by atoms with Gasteiger partial charge in [-0.2, -0.15) is 0 Å². The monoisotopic (exact) mass is 286 g/mol. The maximum Gasteiger partial charge on any atom is 0.275 e. The Labute approximate surface area is 121 Å². The molecule has 0 radical (unpaired) electrons. The van der Waals surface area contributed by atoms with E-state index in [9.17, 15) is 14.9 Å². The fourth-order valence-electron chi connectivity index (χ4n) is 1.78. The van der Waals surface area contributed by atoms with Gasteiger partial charge in [0.25, 0.3) is 11.6 Å². The standard InChI is InChI=1S/C15H14N2O4/c1-11-7-8-13(17(19)20)9-14(11)15(18)16-21-10-12-5-3-2-4-6-12/h2-9H,10H2,1H3,(H,16,18). The van der Waals surface area contributed by atoms with Gasteiger partial charge in [-0.1, -0.05) is 36.4 Å². The first-order chi connectivity index (χ1) is 10.1. The van der Waals surface area contributed by atoms with E-state index >= 15 is 0 Å². The Hall–Kier alpha value is -2.73. The number of rotatable bonds is 5. The van der Waals surface area contributed by atoms with Crippen LogP contribution in [0.2, 0.25) is 0 Å². The first-order valence-electron chi connectivity index (χ1n) is 6.29. The topological polar surface area (TPSA) is 81.5 Å². The van der Waals surface area contributed by atoms with Crippen molar-refractivity contribution in [2.45, 2.75) is 13.5 Å². The molecule has 0 aliphatic rings. The van der Waals surface area contributed by atoms with E-state index in [4.69, 9.17) is 4.84 Å². The first-order valence-corrected chi connectivity index (χ1v) is 6.29. The maximum atomic E-state index is 12.0. The number of hydroxylamine groups is 1. The van der Waals surface area contributed by atoms with Gasteiger partial charge in [-0.25, -0.2) is 5.48 Å². The van der Waals surface area contributed by atoms with Gasteiger partial charge < -0.3 is 0 Å². The van der Waals surface area contributed by atoms with Crippen molar-refractivity contribution in [3.8, 4) is 0 Å². The highest BCUT2D eigenvalue weighted by Gasteiger charge is 2.14. The van der Waals surface area contributed by atoms with Gasteiger partial charge in [0.2, 0.25) is 0 Å². The maximum absolute atomic E-state index is 12.0. The number of carbonyl (C=O) groups excluding carboxylic acids is 1. The molecule has 6 heteroatoms. The zero-order valence-electron chi connectivity index (χ0n) is 11.4. The largest absolute Gasteiger partial charge is 0.275 e. The molecule has 0 saturated heterocycles. The molecule has 0 unspecified atom stereocenters. The SMILES string of the molecule is Cc1ccc([N+](=O)[O-])cc1C(=O)NOCc1ccccc1. The third-order valence-corrected chi connectivity index (χ3v) is 2.92. The van der Waals surface area contributed by atoms with Gasteiger partial charge in [-0.15, -0.1) is 0 Å². The van der Waals surface area contributed by atoms with Crippen LogP contribution in [-0.4, -0.2) is 10.8 Å². The second-order valence-corrected chi connectivity index (χ2v) is 4.46. The van der Waals surface area contributed by atoms with E-state index in [-0.39, 0.29) is 17.9 Å². The van der Waals surface area contributed by atoms with Gasteiger partial charge in [-0.05, 0) is 18.1 Å². The van der Waals surface area contributed by atoms with Crippen molar-refractivity contribution in [1.82, 2.24) is 5.48 Å². The van der Waals surface area contributed by atoms with Crippen LogP contribution in [0.3, 0.4) is 0 Å². The molecule has 1 N–H and O–H groups in total. The van der Waals surface area contributed by atoms with Crippen molar-refractivity contribution in [2.75, 3.05) is 0 Å². The third kappa shape index (κ3) is 3.87. The Morgan fingerprint density at radius 1 is 1.24 bits per heavy atom. The summed E-state index contributed by atoms with van der Waals surface area (Å²) in [6, 6.07) is 13.5. The highest BCUT2D eigenvalue weighted by Crippen LogP contribution is 2.17. The summed E-state index contributed by atoms with van der Waals surface area (Å²) < 4.78 is 0. The summed E-state index contributed by atoms with van der Waals surface area (Å²) in [5.74, 6) is -0.507. The van der Waals surface area contributed by atoms with Crippen LogP contribution in [0.25, 0.3) is 0 Å². The Kier molecular flexibility index (Phi) is 4.63. The third-order valence-electron chi connectivity index (χ3n) is 2.92. The fraction of sp³-hybridized carbons (Fsp3) is 0.133. The molecule has 0 spiro atoms. The molecule has 0 bridgehead atoms. The summed E-state index contributed by atoms with van der Waals surface area (Å²) in [4.78, 5) is 27.3. The number of hydrogen-bond acceptors (Lipinski definition) is 4. The number of nitrogens with one attached hydrogen (secondary N) is 1. The minimum atomic E-state index is -0.541. The minimum Gasteiger partial charge on any atom is -0.269 e. The Balaban J connectivity index is 2.00. The van der Waals surface area contributed by atoms with Crippen LogP contribution in [0.1, 0.15) is 21.5 Å². The summed E-state index contributed by atoms with van der Waals surface area (Å²) in [6.45, 7) is 1.93. The summed E-state index contributed by atoms with van der Waals surface area (Å²) in [5, 5.41) is 10.7. The molecule has 2 rings (SSSR count). The highest BCUT2D eigenvalue weighted by atomic mass is 16.7. The summed E-state index contributed by atoms with van der Waals surface area (Å²) in [6.07, 6.45) is 0. The molecule has 6 nitrogen and oxygen atoms in total. The summed E-state index contributed by atoms with van der Waals surface area (Å²) in [5.41, 5.74) is 3.93. The van der Waals surface area contributed by atoms with E-state index < -0.39 is 10.8 Å². The zero-order chi connectivity index (χ0) is 15.2. The quantitative estimate of drug-likeness (QED) is 0.677. The van der Waals surface area contributed by atoms with Crippen LogP contribution in [0.5, 0.6) is 0 Å². The normalized spacial score (nSPS) is 10.1. The van der Waals surface area contributed by atoms with Crippen molar-refractivity contribution in [3.05, 3.63) is 75.3 Å². The van der Waals surface area contributed by atoms with Crippen LogP contribution >= 0.6 is 0 Å². The van der Waals surface area contributed by atoms with Gasteiger partial charge in [0.15, 0.2) is 0 Å². The molecule has 0 atom stereocenters. The van der Waals surface area contributed by atoms with Crippen LogP contribution in [-0.2, 0) is 11.4 Å². The van der Waals surface area contributed by atoms with Gasteiger partial charge >= 0.3 is 0 Å². The van der Waals surface area contributed by atoms with Crippen LogP contribution in [0.4, 0.5) is 5.69 Å². The molecule has 21 heavy (non-hydrogen) atoms. The van der Waals surface area contributed by atoms with Gasteiger partial charge in [0.05, 0.1) is 17.1 Å². The number of carbonyl (C=O) groups is 1. The van der Waals surface area contributed by atoms with Gasteiger partial charge in [-0.3, -0.25) is 19.7 Å². The fourth-order valence-corrected chi connectivity index (χ4v) is 1.78. The number of nitro groups is 1. The van der Waals surface area contributed by atoms with Crippen molar-refractivity contribution in [2.24, 2.45) is 0 Å². The smallest absolute Gasteiger partial charge is 0.269 e. The Bertz CT molecular complexity index is 656.